The molecule has 0 saturated carbocycles. The second-order valence-electron chi connectivity index (χ2n) is 5.62. The van der Waals surface area contributed by atoms with Gasteiger partial charge in [-0.15, -0.1) is 0 Å². The molecule has 4 nitrogen and oxygen atoms in total. The van der Waals surface area contributed by atoms with E-state index in [1.807, 2.05) is 0 Å². The molecule has 1 aromatic rings. The Morgan fingerprint density at radius 2 is 1.88 bits per heavy atom. The number of likely N-dealkylation sites (tertiary alicyclic amines) is 1. The van der Waals surface area contributed by atoms with Crippen molar-refractivity contribution in [2.24, 2.45) is 5.92 Å². The van der Waals surface area contributed by atoms with Gasteiger partial charge in [-0.1, -0.05) is 13.0 Å². The van der Waals surface area contributed by atoms with Crippen molar-refractivity contribution in [2.75, 3.05) is 13.1 Å². The number of nitrogens with one attached hydrogen (secondary N) is 1. The highest BCUT2D eigenvalue weighted by Gasteiger charge is 2.45. The molecule has 1 saturated heterocycles. The monoisotopic (exact) mass is 350 g/mol. The molecule has 2 rings (SSSR count). The first kappa shape index (κ1) is 18.2. The van der Waals surface area contributed by atoms with Crippen molar-refractivity contribution in [3.8, 4) is 0 Å². The maximum absolute atomic E-state index is 13.7. The number of carbonyl (C=O) groups excluding carboxylic acids is 2. The van der Waals surface area contributed by atoms with E-state index < -0.39 is 41.4 Å². The molecule has 1 N–H and O–H groups in total. The highest BCUT2D eigenvalue weighted by molar-refractivity contribution is 5.84. The molecule has 9 heteroatoms. The zero-order valence-corrected chi connectivity index (χ0v) is 12.7. The number of hydrogen-bond donors (Lipinski definition) is 1. The molecule has 2 atom stereocenters. The molecule has 0 aromatic heterocycles. The second kappa shape index (κ2) is 6.74. The van der Waals surface area contributed by atoms with E-state index in [4.69, 9.17) is 0 Å². The number of ketones is 1. The lowest BCUT2D eigenvalue weighted by Gasteiger charge is -2.32. The lowest BCUT2D eigenvalue weighted by atomic mass is 9.99. The minimum Gasteiger partial charge on any atom is -0.324 e. The van der Waals surface area contributed by atoms with Gasteiger partial charge in [-0.2, -0.15) is 13.2 Å². The smallest absolute Gasteiger partial charge is 0.324 e. The van der Waals surface area contributed by atoms with E-state index in [9.17, 15) is 31.5 Å². The van der Waals surface area contributed by atoms with Gasteiger partial charge < -0.3 is 10.2 Å². The van der Waals surface area contributed by atoms with Crippen molar-refractivity contribution < 1.29 is 31.5 Å². The number of halogens is 5. The molecule has 1 aliphatic rings. The number of alkyl halides is 3. The summed E-state index contributed by atoms with van der Waals surface area (Å²) in [4.78, 5) is 24.5. The van der Waals surface area contributed by atoms with Crippen LogP contribution in [0.1, 0.15) is 24.9 Å². The van der Waals surface area contributed by atoms with Crippen LogP contribution in [0.5, 0.6) is 0 Å². The van der Waals surface area contributed by atoms with Crippen LogP contribution in [0.4, 0.5) is 26.7 Å². The summed E-state index contributed by atoms with van der Waals surface area (Å²) in [5.74, 6) is -3.40. The Morgan fingerprint density at radius 3 is 2.38 bits per heavy atom. The molecule has 0 unspecified atom stereocenters. The minimum atomic E-state index is -5.09. The van der Waals surface area contributed by atoms with E-state index in [2.05, 4.69) is 0 Å². The molecular formula is C15H15F5N2O2. The van der Waals surface area contributed by atoms with Crippen LogP contribution in [0, 0.1) is 17.6 Å². The quantitative estimate of drug-likeness (QED) is 0.833. The Bertz CT molecular complexity index is 627. The third-order valence-electron chi connectivity index (χ3n) is 3.84. The van der Waals surface area contributed by atoms with Crippen molar-refractivity contribution in [1.82, 2.24) is 10.2 Å². The number of rotatable bonds is 2. The molecule has 1 fully saturated rings. The lowest BCUT2D eigenvalue weighted by molar-refractivity contribution is -0.156. The first-order chi connectivity index (χ1) is 11.1. The zero-order chi connectivity index (χ0) is 18.1. The fourth-order valence-corrected chi connectivity index (χ4v) is 2.52. The van der Waals surface area contributed by atoms with Crippen molar-refractivity contribution in [2.45, 2.75) is 25.6 Å². The summed E-state index contributed by atoms with van der Waals surface area (Å²) in [6.45, 7) is 1.47. The van der Waals surface area contributed by atoms with Crippen molar-refractivity contribution in [3.63, 3.8) is 0 Å². The molecule has 1 aromatic carbocycles. The summed E-state index contributed by atoms with van der Waals surface area (Å²) < 4.78 is 67.0. The summed E-state index contributed by atoms with van der Waals surface area (Å²) in [5.41, 5.74) is -1.26. The van der Waals surface area contributed by atoms with Crippen LogP contribution in [0.2, 0.25) is 0 Å². The predicted molar refractivity (Wildman–Crippen MR) is 74.0 cm³/mol. The van der Waals surface area contributed by atoms with Crippen LogP contribution in [0.3, 0.4) is 0 Å². The molecule has 0 aliphatic carbocycles. The number of nitrogens with zero attached hydrogens (tertiary/aromatic N) is 1. The van der Waals surface area contributed by atoms with Gasteiger partial charge in [-0.05, 0) is 12.1 Å². The van der Waals surface area contributed by atoms with E-state index in [1.54, 1.807) is 12.2 Å². The first-order valence-electron chi connectivity index (χ1n) is 7.20. The molecule has 132 valence electrons. The summed E-state index contributed by atoms with van der Waals surface area (Å²) in [7, 11) is 0. The van der Waals surface area contributed by atoms with Crippen LogP contribution in [0.15, 0.2) is 18.2 Å². The minimum absolute atomic E-state index is 0.0271. The van der Waals surface area contributed by atoms with Gasteiger partial charge >= 0.3 is 12.2 Å². The number of hydrogen-bond acceptors (Lipinski definition) is 2. The van der Waals surface area contributed by atoms with E-state index in [0.29, 0.717) is 12.1 Å². The Morgan fingerprint density at radius 1 is 1.29 bits per heavy atom. The normalized spacial score (nSPS) is 20.0. The first-order valence-corrected chi connectivity index (χ1v) is 7.20. The van der Waals surface area contributed by atoms with Crippen LogP contribution in [-0.4, -0.2) is 36.0 Å². The van der Waals surface area contributed by atoms with Gasteiger partial charge in [0, 0.05) is 25.4 Å². The molecule has 0 spiro atoms. The number of benzene rings is 1. The maximum atomic E-state index is 13.7. The predicted octanol–water partition coefficient (Wildman–Crippen LogP) is 3.19. The number of Topliss-reactive ketones (excluding diaryl/α,β-unsaturated/α-hetero) is 1. The Kier molecular flexibility index (Phi) is 5.10. The third kappa shape index (κ3) is 3.82. The fraction of sp³-hybridized carbons (Fsp3) is 0.467. The van der Waals surface area contributed by atoms with E-state index in [0.717, 1.165) is 11.0 Å². The highest BCUT2D eigenvalue weighted by atomic mass is 19.4. The van der Waals surface area contributed by atoms with Gasteiger partial charge in [0.15, 0.2) is 6.04 Å². The topological polar surface area (TPSA) is 49.4 Å². The summed E-state index contributed by atoms with van der Waals surface area (Å²) in [5, 5.41) is 1.63. The molecular weight excluding hydrogens is 335 g/mol. The van der Waals surface area contributed by atoms with Crippen molar-refractivity contribution in [1.29, 1.82) is 0 Å². The SMILES string of the molecule is C[C@@H]1CN(C(=O)N[C@H](c2c(F)cccc2F)C(F)(F)F)CCC1=O. The average Bonchev–Trinajstić information content (AvgIpc) is 2.47. The fourth-order valence-electron chi connectivity index (χ4n) is 2.52. The maximum Gasteiger partial charge on any atom is 0.413 e. The number of piperidine rings is 1. The molecule has 24 heavy (non-hydrogen) atoms. The molecule has 1 aliphatic heterocycles. The van der Waals surface area contributed by atoms with Gasteiger partial charge in [-0.25, -0.2) is 13.6 Å². The van der Waals surface area contributed by atoms with E-state index in [-0.39, 0.29) is 25.3 Å². The molecule has 0 bridgehead atoms. The van der Waals surface area contributed by atoms with Gasteiger partial charge in [-0.3, -0.25) is 4.79 Å². The average molecular weight is 350 g/mol. The zero-order valence-electron chi connectivity index (χ0n) is 12.7. The van der Waals surface area contributed by atoms with Gasteiger partial charge in [0.25, 0.3) is 0 Å². The van der Waals surface area contributed by atoms with Crippen molar-refractivity contribution >= 4 is 11.8 Å². The molecule has 2 amide bonds. The van der Waals surface area contributed by atoms with Gasteiger partial charge in [0.05, 0.1) is 5.56 Å². The van der Waals surface area contributed by atoms with Gasteiger partial charge in [0.2, 0.25) is 0 Å². The summed E-state index contributed by atoms with van der Waals surface area (Å²) in [6.07, 6.45) is -5.06. The van der Waals surface area contributed by atoms with Crippen LogP contribution >= 0.6 is 0 Å². The highest BCUT2D eigenvalue weighted by Crippen LogP contribution is 2.35. The van der Waals surface area contributed by atoms with Crippen LogP contribution < -0.4 is 5.32 Å². The second-order valence-corrected chi connectivity index (χ2v) is 5.62. The Hall–Kier alpha value is -2.19. The summed E-state index contributed by atoms with van der Waals surface area (Å²) >= 11 is 0. The van der Waals surface area contributed by atoms with Gasteiger partial charge in [0.1, 0.15) is 17.4 Å². The number of amides is 2. The molecule has 0 radical (unpaired) electrons. The number of urea groups is 1. The van der Waals surface area contributed by atoms with Crippen LogP contribution in [0.25, 0.3) is 0 Å². The standard InChI is InChI=1S/C15H15F5N2O2/c1-8-7-22(6-5-11(8)23)14(24)21-13(15(18,19)20)12-9(16)3-2-4-10(12)17/h2-4,8,13H,5-7H2,1H3,(H,21,24)/t8-,13-/m1/s1. The van der Waals surface area contributed by atoms with Crippen molar-refractivity contribution in [3.05, 3.63) is 35.4 Å². The Labute approximate surface area is 134 Å². The number of carbonyl (C=O) groups is 2. The van der Waals surface area contributed by atoms with E-state index >= 15 is 0 Å². The molecule has 1 heterocycles. The van der Waals surface area contributed by atoms with Crippen LogP contribution in [-0.2, 0) is 4.79 Å². The lowest BCUT2D eigenvalue weighted by Crippen LogP contribution is -2.50. The Balaban J connectivity index is 2.24. The third-order valence-corrected chi connectivity index (χ3v) is 3.84. The largest absolute Gasteiger partial charge is 0.413 e. The van der Waals surface area contributed by atoms with E-state index in [1.165, 1.54) is 0 Å². The summed E-state index contributed by atoms with van der Waals surface area (Å²) in [6, 6.07) is -1.64.